The molecular weight excluding hydrogens is 481 g/mol. The van der Waals surface area contributed by atoms with Crippen LogP contribution in [0.4, 0.5) is 9.18 Å². The largest absolute Gasteiger partial charge is 0.496 e. The van der Waals surface area contributed by atoms with Crippen LogP contribution >= 0.6 is 0 Å². The molecule has 0 saturated carbocycles. The van der Waals surface area contributed by atoms with Crippen LogP contribution in [-0.2, 0) is 9.57 Å². The maximum atomic E-state index is 14.9. The second-order valence-corrected chi connectivity index (χ2v) is 8.66. The van der Waals surface area contributed by atoms with Crippen molar-refractivity contribution in [1.29, 1.82) is 0 Å². The summed E-state index contributed by atoms with van der Waals surface area (Å²) in [6.07, 6.45) is 3.20. The number of oxime groups is 1. The number of unbranched alkanes of at least 4 members (excludes halogenated alkanes) is 1. The number of ether oxygens (including phenoxy) is 3. The Bertz CT molecular complexity index is 1360. The fraction of sp³-hybridized carbons (Fsp3) is 0.370. The van der Waals surface area contributed by atoms with E-state index < -0.39 is 5.97 Å². The standard InChI is InChI=1S/C27H30FN3O6/c1-16-12-18(14-21(23(16)33-3)25(28)29-35-5)20(8-6-7-9-31-10-11-36-27(31)32)19-13-17(2)24-22(15-19)26(34-4)30-37-24/h8,12-15H,6-7,9-11H2,1-5H3/b20-8+,29-25?. The van der Waals surface area contributed by atoms with E-state index in [0.717, 1.165) is 39.6 Å². The number of aromatic nitrogens is 1. The topological polar surface area (TPSA) is 95.6 Å². The number of methoxy groups -OCH3 is 2. The van der Waals surface area contributed by atoms with E-state index in [4.69, 9.17) is 18.7 Å². The zero-order chi connectivity index (χ0) is 26.5. The summed E-state index contributed by atoms with van der Waals surface area (Å²) in [4.78, 5) is 18.1. The van der Waals surface area contributed by atoms with E-state index >= 15 is 0 Å². The number of halogens is 1. The maximum Gasteiger partial charge on any atom is 0.409 e. The molecule has 0 unspecified atom stereocenters. The van der Waals surface area contributed by atoms with Gasteiger partial charge < -0.3 is 28.5 Å². The molecule has 0 aliphatic carbocycles. The Labute approximate surface area is 214 Å². The van der Waals surface area contributed by atoms with Gasteiger partial charge in [-0.3, -0.25) is 0 Å². The van der Waals surface area contributed by atoms with Crippen molar-refractivity contribution in [3.8, 4) is 11.6 Å². The summed E-state index contributed by atoms with van der Waals surface area (Å²) >= 11 is 0. The minimum absolute atomic E-state index is 0.186. The highest BCUT2D eigenvalue weighted by atomic mass is 19.1. The van der Waals surface area contributed by atoms with Crippen LogP contribution < -0.4 is 9.47 Å². The van der Waals surface area contributed by atoms with Crippen molar-refractivity contribution >= 4 is 28.6 Å². The van der Waals surface area contributed by atoms with Crippen molar-refractivity contribution in [1.82, 2.24) is 10.1 Å². The van der Waals surface area contributed by atoms with E-state index in [9.17, 15) is 9.18 Å². The van der Waals surface area contributed by atoms with Crippen LogP contribution in [0.25, 0.3) is 16.5 Å². The lowest BCUT2D eigenvalue weighted by atomic mass is 9.91. The van der Waals surface area contributed by atoms with Crippen LogP contribution in [0.1, 0.15) is 40.7 Å². The Morgan fingerprint density at radius 1 is 1.14 bits per heavy atom. The highest BCUT2D eigenvalue weighted by Crippen LogP contribution is 2.36. The Kier molecular flexibility index (Phi) is 7.95. The van der Waals surface area contributed by atoms with Crippen LogP contribution in [0.5, 0.6) is 11.6 Å². The highest BCUT2D eigenvalue weighted by molar-refractivity contribution is 5.98. The lowest BCUT2D eigenvalue weighted by Crippen LogP contribution is -2.25. The minimum Gasteiger partial charge on any atom is -0.496 e. The number of fused-ring (bicyclic) bond motifs is 1. The first-order valence-electron chi connectivity index (χ1n) is 11.9. The van der Waals surface area contributed by atoms with Crippen molar-refractivity contribution in [3.63, 3.8) is 0 Å². The van der Waals surface area contributed by atoms with Crippen molar-refractivity contribution < 1.29 is 32.8 Å². The van der Waals surface area contributed by atoms with Gasteiger partial charge in [-0.1, -0.05) is 11.2 Å². The monoisotopic (exact) mass is 511 g/mol. The summed E-state index contributed by atoms with van der Waals surface area (Å²) in [5, 5.41) is 8.22. The third kappa shape index (κ3) is 5.37. The molecule has 1 aliphatic rings. The molecule has 37 heavy (non-hydrogen) atoms. The van der Waals surface area contributed by atoms with Crippen LogP contribution in [0.3, 0.4) is 0 Å². The van der Waals surface area contributed by atoms with Gasteiger partial charge in [-0.05, 0) is 83.9 Å². The molecule has 0 bridgehead atoms. The Hall–Kier alpha value is -4.08. The van der Waals surface area contributed by atoms with Crippen molar-refractivity contribution in [2.24, 2.45) is 5.16 Å². The van der Waals surface area contributed by atoms with Gasteiger partial charge in [0.15, 0.2) is 5.58 Å². The molecule has 196 valence electrons. The first-order chi connectivity index (χ1) is 17.9. The van der Waals surface area contributed by atoms with E-state index in [1.807, 2.05) is 32.0 Å². The average molecular weight is 512 g/mol. The molecule has 0 radical (unpaired) electrons. The second kappa shape index (κ2) is 11.3. The van der Waals surface area contributed by atoms with Gasteiger partial charge in [-0.15, -0.1) is 0 Å². The first-order valence-corrected chi connectivity index (χ1v) is 11.9. The van der Waals surface area contributed by atoms with Gasteiger partial charge in [0, 0.05) is 6.54 Å². The number of amides is 1. The summed E-state index contributed by atoms with van der Waals surface area (Å²) in [6.45, 7) is 5.38. The zero-order valence-corrected chi connectivity index (χ0v) is 21.6. The van der Waals surface area contributed by atoms with Gasteiger partial charge in [-0.2, -0.15) is 4.39 Å². The molecular formula is C27H30FN3O6. The number of hydrogen-bond donors (Lipinski definition) is 0. The minimum atomic E-state index is -0.788. The van der Waals surface area contributed by atoms with Gasteiger partial charge in [0.2, 0.25) is 0 Å². The fourth-order valence-corrected chi connectivity index (χ4v) is 4.54. The summed E-state index contributed by atoms with van der Waals surface area (Å²) in [6, 6.07) is 7.57. The van der Waals surface area contributed by atoms with Crippen molar-refractivity contribution in [2.45, 2.75) is 26.7 Å². The molecule has 2 aromatic carbocycles. The third-order valence-corrected chi connectivity index (χ3v) is 6.24. The number of carbonyl (C=O) groups excluding carboxylic acids is 1. The van der Waals surface area contributed by atoms with E-state index in [-0.39, 0.29) is 11.7 Å². The zero-order valence-electron chi connectivity index (χ0n) is 21.6. The van der Waals surface area contributed by atoms with Crippen LogP contribution in [0.15, 0.2) is 40.0 Å². The van der Waals surface area contributed by atoms with Gasteiger partial charge >= 0.3 is 6.09 Å². The maximum absolute atomic E-state index is 14.9. The molecule has 0 N–H and O–H groups in total. The Morgan fingerprint density at radius 2 is 1.89 bits per heavy atom. The second-order valence-electron chi connectivity index (χ2n) is 8.66. The quantitative estimate of drug-likeness (QED) is 0.204. The fourth-order valence-electron chi connectivity index (χ4n) is 4.54. The summed E-state index contributed by atoms with van der Waals surface area (Å²) in [5.74, 6) is -0.0264. The molecule has 10 heteroatoms. The SMILES string of the molecule is CON=C(F)c1cc(/C(=C\CCCN2CCOC2=O)c2cc(C)c3onc(OC)c3c2)cc(C)c1OC. The van der Waals surface area contributed by atoms with E-state index in [0.29, 0.717) is 43.3 Å². The van der Waals surface area contributed by atoms with Gasteiger partial charge in [0.1, 0.15) is 19.5 Å². The highest BCUT2D eigenvalue weighted by Gasteiger charge is 2.22. The number of cyclic esters (lactones) is 1. The van der Waals surface area contributed by atoms with Crippen molar-refractivity contribution in [2.75, 3.05) is 41.0 Å². The van der Waals surface area contributed by atoms with Gasteiger partial charge in [-0.25, -0.2) is 4.79 Å². The lowest BCUT2D eigenvalue weighted by molar-refractivity contribution is 0.158. The summed E-state index contributed by atoms with van der Waals surface area (Å²) in [5.41, 5.74) is 4.96. The van der Waals surface area contributed by atoms with Crippen LogP contribution in [0.2, 0.25) is 0 Å². The number of allylic oxidation sites excluding steroid dienone is 1. The van der Waals surface area contributed by atoms with E-state index in [1.165, 1.54) is 21.3 Å². The number of hydrogen-bond acceptors (Lipinski definition) is 8. The number of nitrogens with zero attached hydrogens (tertiary/aromatic N) is 3. The molecule has 1 aliphatic heterocycles. The number of carbonyl (C=O) groups is 1. The molecule has 9 nitrogen and oxygen atoms in total. The summed E-state index contributed by atoms with van der Waals surface area (Å²) in [7, 11) is 4.31. The molecule has 4 rings (SSSR count). The van der Waals surface area contributed by atoms with E-state index in [1.54, 1.807) is 11.0 Å². The molecule has 0 spiro atoms. The number of rotatable bonds is 10. The number of benzene rings is 2. The normalized spacial score (nSPS) is 14.3. The molecule has 1 amide bonds. The smallest absolute Gasteiger partial charge is 0.409 e. The molecule has 1 aromatic heterocycles. The van der Waals surface area contributed by atoms with Crippen LogP contribution in [0, 0.1) is 13.8 Å². The number of aryl methyl sites for hydroxylation is 2. The predicted molar refractivity (Wildman–Crippen MR) is 137 cm³/mol. The van der Waals surface area contributed by atoms with Crippen LogP contribution in [-0.4, -0.2) is 63.1 Å². The molecule has 1 saturated heterocycles. The summed E-state index contributed by atoms with van der Waals surface area (Å²) < 4.78 is 36.2. The first kappa shape index (κ1) is 26.0. The van der Waals surface area contributed by atoms with E-state index in [2.05, 4.69) is 21.2 Å². The van der Waals surface area contributed by atoms with Gasteiger partial charge in [0.25, 0.3) is 11.8 Å². The Balaban J connectivity index is 1.80. The molecule has 0 atom stereocenters. The molecule has 3 aromatic rings. The average Bonchev–Trinajstić information content (AvgIpc) is 3.49. The Morgan fingerprint density at radius 3 is 2.57 bits per heavy atom. The molecule has 2 heterocycles. The molecule has 1 fully saturated rings. The third-order valence-electron chi connectivity index (χ3n) is 6.24. The predicted octanol–water partition coefficient (Wildman–Crippen LogP) is 5.40. The lowest BCUT2D eigenvalue weighted by Gasteiger charge is -2.16. The van der Waals surface area contributed by atoms with Crippen molar-refractivity contribution in [3.05, 3.63) is 58.2 Å². The van der Waals surface area contributed by atoms with Gasteiger partial charge in [0.05, 0.1) is 31.7 Å².